The van der Waals surface area contributed by atoms with Gasteiger partial charge in [-0.05, 0) is 35.9 Å². The van der Waals surface area contributed by atoms with Crippen molar-refractivity contribution in [2.45, 2.75) is 18.6 Å². The van der Waals surface area contributed by atoms with Crippen LogP contribution >= 0.6 is 0 Å². The van der Waals surface area contributed by atoms with E-state index in [9.17, 15) is 14.0 Å². The van der Waals surface area contributed by atoms with E-state index < -0.39 is 17.9 Å². The van der Waals surface area contributed by atoms with Gasteiger partial charge in [0.25, 0.3) is 0 Å². The standard InChI is InChI=1S/C22H24FN3O5/c1-29-15-7-5-11(8-17(15)31-3)20-19-13(10-18(27)24-22(19)26-25-20)21(28)12-4-6-14(23)16(9-12)30-2/h4-9,13,19-20,22,25-26H,10H2,1-3H3,(H,24,27). The van der Waals surface area contributed by atoms with Crippen LogP contribution in [0.3, 0.4) is 0 Å². The molecule has 4 rings (SSSR count). The number of halogens is 1. The first-order valence-corrected chi connectivity index (χ1v) is 9.87. The Morgan fingerprint density at radius 2 is 1.71 bits per heavy atom. The fourth-order valence-electron chi connectivity index (χ4n) is 4.38. The Hall–Kier alpha value is -3.17. The van der Waals surface area contributed by atoms with Crippen molar-refractivity contribution in [1.82, 2.24) is 16.2 Å². The largest absolute Gasteiger partial charge is 0.494 e. The van der Waals surface area contributed by atoms with E-state index in [1.807, 2.05) is 12.1 Å². The van der Waals surface area contributed by atoms with Gasteiger partial charge in [-0.2, -0.15) is 0 Å². The maximum absolute atomic E-state index is 13.8. The van der Waals surface area contributed by atoms with Gasteiger partial charge in [0, 0.05) is 23.8 Å². The number of hydrogen-bond donors (Lipinski definition) is 3. The summed E-state index contributed by atoms with van der Waals surface area (Å²) < 4.78 is 29.6. The van der Waals surface area contributed by atoms with Crippen LogP contribution in [0.2, 0.25) is 0 Å². The third-order valence-corrected chi connectivity index (χ3v) is 5.89. The number of nitrogens with one attached hydrogen (secondary N) is 3. The van der Waals surface area contributed by atoms with Crippen LogP contribution in [0.15, 0.2) is 36.4 Å². The van der Waals surface area contributed by atoms with Crippen LogP contribution in [0.4, 0.5) is 4.39 Å². The molecule has 31 heavy (non-hydrogen) atoms. The summed E-state index contributed by atoms with van der Waals surface area (Å²) in [6, 6.07) is 9.25. The zero-order chi connectivity index (χ0) is 22.1. The number of benzene rings is 2. The molecule has 3 N–H and O–H groups in total. The molecule has 2 heterocycles. The van der Waals surface area contributed by atoms with Crippen molar-refractivity contribution in [3.8, 4) is 17.2 Å². The van der Waals surface area contributed by atoms with Crippen molar-refractivity contribution in [1.29, 1.82) is 0 Å². The highest BCUT2D eigenvalue weighted by molar-refractivity contribution is 6.01. The predicted molar refractivity (Wildman–Crippen MR) is 109 cm³/mol. The summed E-state index contributed by atoms with van der Waals surface area (Å²) in [5.74, 6) is -0.760. The second kappa shape index (κ2) is 8.52. The van der Waals surface area contributed by atoms with Crippen LogP contribution in [0, 0.1) is 17.7 Å². The monoisotopic (exact) mass is 429 g/mol. The summed E-state index contributed by atoms with van der Waals surface area (Å²) in [4.78, 5) is 25.7. The molecule has 1 amide bonds. The van der Waals surface area contributed by atoms with E-state index in [0.717, 1.165) is 5.56 Å². The molecule has 9 heteroatoms. The van der Waals surface area contributed by atoms with Crippen molar-refractivity contribution in [3.63, 3.8) is 0 Å². The van der Waals surface area contributed by atoms with Gasteiger partial charge >= 0.3 is 0 Å². The summed E-state index contributed by atoms with van der Waals surface area (Å²) in [6.07, 6.45) is -0.400. The highest BCUT2D eigenvalue weighted by Gasteiger charge is 2.49. The van der Waals surface area contributed by atoms with Crippen molar-refractivity contribution in [3.05, 3.63) is 53.3 Å². The van der Waals surface area contributed by atoms with Crippen LogP contribution in [0.5, 0.6) is 17.2 Å². The molecule has 0 aromatic heterocycles. The Kier molecular flexibility index (Phi) is 5.79. The topological polar surface area (TPSA) is 97.9 Å². The first-order valence-electron chi connectivity index (χ1n) is 9.87. The van der Waals surface area contributed by atoms with Gasteiger partial charge < -0.3 is 19.5 Å². The highest BCUT2D eigenvalue weighted by Crippen LogP contribution is 2.41. The lowest BCUT2D eigenvalue weighted by molar-refractivity contribution is -0.125. The summed E-state index contributed by atoms with van der Waals surface area (Å²) >= 11 is 0. The number of amides is 1. The van der Waals surface area contributed by atoms with E-state index in [4.69, 9.17) is 14.2 Å². The van der Waals surface area contributed by atoms with E-state index in [1.165, 1.54) is 25.3 Å². The fourth-order valence-corrected chi connectivity index (χ4v) is 4.38. The molecule has 0 saturated carbocycles. The zero-order valence-electron chi connectivity index (χ0n) is 17.4. The third kappa shape index (κ3) is 3.82. The number of ether oxygens (including phenoxy) is 3. The van der Waals surface area contributed by atoms with Gasteiger partial charge in [0.1, 0.15) is 0 Å². The van der Waals surface area contributed by atoms with Gasteiger partial charge in [-0.25, -0.2) is 15.2 Å². The van der Waals surface area contributed by atoms with E-state index in [-0.39, 0.29) is 35.8 Å². The van der Waals surface area contributed by atoms with Gasteiger partial charge in [0.05, 0.1) is 33.5 Å². The lowest BCUT2D eigenvalue weighted by atomic mass is 9.74. The highest BCUT2D eigenvalue weighted by atomic mass is 19.1. The van der Waals surface area contributed by atoms with Crippen molar-refractivity contribution >= 4 is 11.7 Å². The van der Waals surface area contributed by atoms with Gasteiger partial charge in [-0.1, -0.05) is 6.07 Å². The van der Waals surface area contributed by atoms with Crippen LogP contribution in [-0.4, -0.2) is 39.2 Å². The molecule has 8 nitrogen and oxygen atoms in total. The number of carbonyl (C=O) groups excluding carboxylic acids is 2. The molecule has 2 aliphatic rings. The Labute approximate surface area is 179 Å². The number of methoxy groups -OCH3 is 3. The van der Waals surface area contributed by atoms with Gasteiger partial charge in [0.15, 0.2) is 28.8 Å². The van der Waals surface area contributed by atoms with Crippen LogP contribution < -0.4 is 30.4 Å². The minimum atomic E-state index is -0.616. The second-order valence-electron chi connectivity index (χ2n) is 7.53. The Morgan fingerprint density at radius 1 is 0.968 bits per heavy atom. The summed E-state index contributed by atoms with van der Waals surface area (Å²) in [5, 5.41) is 2.89. The lowest BCUT2D eigenvalue weighted by Crippen LogP contribution is -2.54. The van der Waals surface area contributed by atoms with Gasteiger partial charge in [-0.3, -0.25) is 9.59 Å². The fraction of sp³-hybridized carbons (Fsp3) is 0.364. The molecule has 4 atom stereocenters. The lowest BCUT2D eigenvalue weighted by Gasteiger charge is -2.35. The second-order valence-corrected chi connectivity index (χ2v) is 7.53. The molecular formula is C22H24FN3O5. The number of hydrogen-bond acceptors (Lipinski definition) is 7. The average Bonchev–Trinajstić information content (AvgIpc) is 3.21. The molecule has 2 aromatic carbocycles. The maximum atomic E-state index is 13.8. The molecular weight excluding hydrogens is 405 g/mol. The molecule has 2 fully saturated rings. The first kappa shape index (κ1) is 21.1. The Balaban J connectivity index is 1.69. The van der Waals surface area contributed by atoms with E-state index in [0.29, 0.717) is 17.1 Å². The van der Waals surface area contributed by atoms with Crippen LogP contribution in [0.25, 0.3) is 0 Å². The SMILES string of the molecule is COc1cc(C(=O)C2CC(=O)NC3NNC(c4ccc(OC)c(OC)c4)C32)ccc1F. The number of ketones is 1. The number of carbonyl (C=O) groups is 2. The number of hydrazine groups is 1. The number of Topliss-reactive ketones (excluding diaryl/α,β-unsaturated/α-hetero) is 1. The average molecular weight is 429 g/mol. The molecule has 0 aliphatic carbocycles. The zero-order valence-corrected chi connectivity index (χ0v) is 17.4. The molecule has 0 spiro atoms. The predicted octanol–water partition coefficient (Wildman–Crippen LogP) is 1.96. The van der Waals surface area contributed by atoms with Crippen LogP contribution in [0.1, 0.15) is 28.4 Å². The molecule has 2 aliphatic heterocycles. The number of rotatable bonds is 6. The summed E-state index contributed by atoms with van der Waals surface area (Å²) in [5.41, 5.74) is 7.45. The van der Waals surface area contributed by atoms with E-state index >= 15 is 0 Å². The quantitative estimate of drug-likeness (QED) is 0.604. The van der Waals surface area contributed by atoms with Crippen molar-refractivity contribution in [2.24, 2.45) is 11.8 Å². The number of piperidine rings is 1. The van der Waals surface area contributed by atoms with Crippen molar-refractivity contribution in [2.75, 3.05) is 21.3 Å². The summed E-state index contributed by atoms with van der Waals surface area (Å²) in [7, 11) is 4.46. The molecule has 164 valence electrons. The van der Waals surface area contributed by atoms with E-state index in [2.05, 4.69) is 16.2 Å². The summed E-state index contributed by atoms with van der Waals surface area (Å²) in [6.45, 7) is 0. The Bertz CT molecular complexity index is 1010. The minimum Gasteiger partial charge on any atom is -0.494 e. The van der Waals surface area contributed by atoms with Crippen molar-refractivity contribution < 1.29 is 28.2 Å². The molecule has 4 unspecified atom stereocenters. The van der Waals surface area contributed by atoms with Gasteiger partial charge in [-0.15, -0.1) is 0 Å². The van der Waals surface area contributed by atoms with E-state index in [1.54, 1.807) is 20.3 Å². The third-order valence-electron chi connectivity index (χ3n) is 5.89. The molecule has 0 radical (unpaired) electrons. The Morgan fingerprint density at radius 3 is 2.42 bits per heavy atom. The maximum Gasteiger partial charge on any atom is 0.222 e. The van der Waals surface area contributed by atoms with Gasteiger partial charge in [0.2, 0.25) is 5.91 Å². The molecule has 2 aromatic rings. The molecule has 0 bridgehead atoms. The molecule has 2 saturated heterocycles. The number of fused-ring (bicyclic) bond motifs is 1. The minimum absolute atomic E-state index is 0.0122. The smallest absolute Gasteiger partial charge is 0.222 e. The van der Waals surface area contributed by atoms with Crippen LogP contribution in [-0.2, 0) is 4.79 Å². The normalized spacial score (nSPS) is 24.8. The first-order chi connectivity index (χ1) is 15.0.